The number of benzene rings is 2. The Morgan fingerprint density at radius 3 is 2.40 bits per heavy atom. The topological polar surface area (TPSA) is 26.3 Å². The number of ether oxygens (including phenoxy) is 1. The summed E-state index contributed by atoms with van der Waals surface area (Å²) in [7, 11) is 0. The summed E-state index contributed by atoms with van der Waals surface area (Å²) in [5, 5.41) is 0. The van der Waals surface area contributed by atoms with Crippen molar-refractivity contribution in [1.29, 1.82) is 0 Å². The Morgan fingerprint density at radius 2 is 1.77 bits per heavy atom. The molecule has 2 atom stereocenters. The van der Waals surface area contributed by atoms with Crippen molar-refractivity contribution in [2.75, 3.05) is 0 Å². The summed E-state index contributed by atoms with van der Waals surface area (Å²) >= 11 is 6.67. The minimum atomic E-state index is -0.787. The summed E-state index contributed by atoms with van der Waals surface area (Å²) in [6.07, 6.45) is 3.13. The van der Waals surface area contributed by atoms with E-state index in [1.165, 1.54) is 12.1 Å². The third-order valence-corrected chi connectivity index (χ3v) is 6.49. The highest BCUT2D eigenvalue weighted by molar-refractivity contribution is 9.28. The fourth-order valence-corrected chi connectivity index (χ4v) is 4.34. The second-order valence-corrected chi connectivity index (χ2v) is 10.8. The van der Waals surface area contributed by atoms with Crippen molar-refractivity contribution >= 4 is 37.8 Å². The third kappa shape index (κ3) is 5.35. The van der Waals surface area contributed by atoms with Crippen molar-refractivity contribution < 1.29 is 22.7 Å². The van der Waals surface area contributed by atoms with Crippen LogP contribution in [0.25, 0.3) is 11.1 Å². The molecule has 7 heteroatoms. The molecular formula is C23H21Br2F3O2. The number of hydrogen-bond acceptors (Lipinski definition) is 2. The lowest BCUT2D eigenvalue weighted by molar-refractivity contribution is -0.145. The summed E-state index contributed by atoms with van der Waals surface area (Å²) < 4.78 is 48.0. The lowest BCUT2D eigenvalue weighted by atomic mass is 10.0. The van der Waals surface area contributed by atoms with Gasteiger partial charge in [-0.2, -0.15) is 0 Å². The van der Waals surface area contributed by atoms with E-state index in [0.717, 1.165) is 28.0 Å². The van der Waals surface area contributed by atoms with Gasteiger partial charge in [-0.1, -0.05) is 38.1 Å². The molecule has 0 heterocycles. The number of halogens is 5. The van der Waals surface area contributed by atoms with Gasteiger partial charge in [0.25, 0.3) is 0 Å². The monoisotopic (exact) mass is 544 g/mol. The van der Waals surface area contributed by atoms with Crippen molar-refractivity contribution in [3.05, 3.63) is 68.9 Å². The van der Waals surface area contributed by atoms with E-state index in [2.05, 4.69) is 45.7 Å². The predicted octanol–water partition coefficient (Wildman–Crippen LogP) is 7.50. The van der Waals surface area contributed by atoms with Crippen molar-refractivity contribution in [3.8, 4) is 11.1 Å². The van der Waals surface area contributed by atoms with Crippen molar-refractivity contribution in [2.45, 2.75) is 33.3 Å². The van der Waals surface area contributed by atoms with Crippen molar-refractivity contribution in [1.82, 2.24) is 0 Å². The number of esters is 1. The predicted molar refractivity (Wildman–Crippen MR) is 117 cm³/mol. The number of hydrogen-bond donors (Lipinski definition) is 0. The Morgan fingerprint density at radius 1 is 1.10 bits per heavy atom. The second-order valence-electron chi connectivity index (χ2n) is 8.07. The molecule has 0 aromatic heterocycles. The van der Waals surface area contributed by atoms with Gasteiger partial charge in [-0.3, -0.25) is 4.79 Å². The van der Waals surface area contributed by atoms with E-state index in [1.807, 2.05) is 6.08 Å². The highest BCUT2D eigenvalue weighted by atomic mass is 79.9. The standard InChI is InChI=1S/C23H21Br2F3O2/c1-23(2)18(6-7-20(24)25)19(23)11-21(29)30-12-13-4-3-5-17(22(13)28)14-8-15(26)10-16(27)9-14/h3-5,7-10,18-19H,6,11-12H2,1-2H3. The molecule has 2 unspecified atom stereocenters. The van der Waals surface area contributed by atoms with Gasteiger partial charge < -0.3 is 4.74 Å². The largest absolute Gasteiger partial charge is 0.461 e. The first-order valence-electron chi connectivity index (χ1n) is 9.50. The Bertz CT molecular complexity index is 964. The van der Waals surface area contributed by atoms with E-state index in [1.54, 1.807) is 6.07 Å². The van der Waals surface area contributed by atoms with Crippen LogP contribution in [0, 0.1) is 34.7 Å². The van der Waals surface area contributed by atoms with Gasteiger partial charge in [-0.25, -0.2) is 13.2 Å². The molecule has 30 heavy (non-hydrogen) atoms. The Labute approximate surface area is 190 Å². The minimum absolute atomic E-state index is 0.0393. The molecule has 2 nitrogen and oxygen atoms in total. The van der Waals surface area contributed by atoms with Gasteiger partial charge in [0.05, 0.1) is 3.39 Å². The molecule has 1 fully saturated rings. The number of carbonyl (C=O) groups excluding carboxylic acids is 1. The van der Waals surface area contributed by atoms with Crippen LogP contribution < -0.4 is 0 Å². The first kappa shape index (κ1) is 23.1. The number of carbonyl (C=O) groups is 1. The van der Waals surface area contributed by atoms with Crippen LogP contribution in [0.4, 0.5) is 13.2 Å². The zero-order chi connectivity index (χ0) is 22.1. The molecule has 0 N–H and O–H groups in total. The average Bonchev–Trinajstić information content (AvgIpc) is 3.16. The van der Waals surface area contributed by atoms with E-state index >= 15 is 0 Å². The molecule has 0 saturated heterocycles. The van der Waals surface area contributed by atoms with Crippen molar-refractivity contribution in [3.63, 3.8) is 0 Å². The molecule has 3 rings (SSSR count). The molecule has 0 amide bonds. The van der Waals surface area contributed by atoms with Crippen LogP contribution in [0.1, 0.15) is 32.3 Å². The van der Waals surface area contributed by atoms with E-state index in [4.69, 9.17) is 4.74 Å². The van der Waals surface area contributed by atoms with Crippen LogP contribution in [-0.2, 0) is 16.1 Å². The molecule has 0 aliphatic heterocycles. The Balaban J connectivity index is 1.64. The van der Waals surface area contributed by atoms with E-state index < -0.39 is 17.5 Å². The molecule has 0 spiro atoms. The summed E-state index contributed by atoms with van der Waals surface area (Å²) in [4.78, 5) is 12.3. The van der Waals surface area contributed by atoms with Gasteiger partial charge in [0.2, 0.25) is 0 Å². The van der Waals surface area contributed by atoms with Crippen LogP contribution in [0.5, 0.6) is 0 Å². The Hall–Kier alpha value is -1.60. The molecule has 2 aromatic rings. The SMILES string of the molecule is CC1(C)C(CC=C(Br)Br)C1CC(=O)OCc1cccc(-c2cc(F)cc(F)c2)c1F. The molecule has 2 aromatic carbocycles. The average molecular weight is 546 g/mol. The summed E-state index contributed by atoms with van der Waals surface area (Å²) in [6.45, 7) is 4.00. The van der Waals surface area contributed by atoms with Crippen LogP contribution in [0.15, 0.2) is 45.9 Å². The first-order valence-corrected chi connectivity index (χ1v) is 11.1. The maximum absolute atomic E-state index is 14.9. The van der Waals surface area contributed by atoms with Gasteiger partial charge in [0, 0.05) is 23.6 Å². The van der Waals surface area contributed by atoms with Gasteiger partial charge in [0.15, 0.2) is 0 Å². The van der Waals surface area contributed by atoms with Crippen LogP contribution in [-0.4, -0.2) is 5.97 Å². The first-order chi connectivity index (χ1) is 14.1. The molecule has 1 saturated carbocycles. The maximum Gasteiger partial charge on any atom is 0.306 e. The second kappa shape index (κ2) is 9.27. The zero-order valence-electron chi connectivity index (χ0n) is 16.5. The van der Waals surface area contributed by atoms with E-state index in [9.17, 15) is 18.0 Å². The van der Waals surface area contributed by atoms with Crippen molar-refractivity contribution in [2.24, 2.45) is 17.3 Å². The zero-order valence-corrected chi connectivity index (χ0v) is 19.7. The third-order valence-electron chi connectivity index (χ3n) is 5.84. The fraction of sp³-hybridized carbons (Fsp3) is 0.348. The number of allylic oxidation sites excluding steroid dienone is 1. The maximum atomic E-state index is 14.9. The minimum Gasteiger partial charge on any atom is -0.461 e. The molecule has 1 aliphatic rings. The van der Waals surface area contributed by atoms with Gasteiger partial charge in [-0.15, -0.1) is 0 Å². The highest BCUT2D eigenvalue weighted by Crippen LogP contribution is 2.62. The van der Waals surface area contributed by atoms with Gasteiger partial charge >= 0.3 is 5.97 Å². The lowest BCUT2D eigenvalue weighted by Gasteiger charge is -2.10. The van der Waals surface area contributed by atoms with E-state index in [0.29, 0.717) is 5.92 Å². The smallest absolute Gasteiger partial charge is 0.306 e. The van der Waals surface area contributed by atoms with Crippen LogP contribution in [0.2, 0.25) is 0 Å². The van der Waals surface area contributed by atoms with Gasteiger partial charge in [0.1, 0.15) is 24.1 Å². The molecular weight excluding hydrogens is 525 g/mol. The number of rotatable bonds is 7. The fourth-order valence-electron chi connectivity index (χ4n) is 3.97. The van der Waals surface area contributed by atoms with Crippen LogP contribution in [0.3, 0.4) is 0 Å². The molecule has 1 aliphatic carbocycles. The quantitative estimate of drug-likeness (QED) is 0.337. The lowest BCUT2D eigenvalue weighted by Crippen LogP contribution is -2.08. The van der Waals surface area contributed by atoms with E-state index in [-0.39, 0.29) is 47.0 Å². The highest BCUT2D eigenvalue weighted by Gasteiger charge is 2.57. The molecule has 0 radical (unpaired) electrons. The summed E-state index contributed by atoms with van der Waals surface area (Å²) in [5.41, 5.74) is 0.338. The van der Waals surface area contributed by atoms with Crippen LogP contribution >= 0.6 is 31.9 Å². The normalized spacial score (nSPS) is 19.3. The van der Waals surface area contributed by atoms with Gasteiger partial charge in [-0.05, 0) is 73.2 Å². The summed E-state index contributed by atoms with van der Waals surface area (Å²) in [5.74, 6) is -2.05. The summed E-state index contributed by atoms with van der Waals surface area (Å²) in [6, 6.07) is 7.34. The molecule has 160 valence electrons. The Kier molecular flexibility index (Phi) is 7.13. The molecule has 0 bridgehead atoms.